The van der Waals surface area contributed by atoms with E-state index in [9.17, 15) is 0 Å². The Labute approximate surface area is 337 Å². The van der Waals surface area contributed by atoms with Crippen molar-refractivity contribution < 1.29 is 0 Å². The minimum Gasteiger partial charge on any atom is -0.334 e. The van der Waals surface area contributed by atoms with E-state index in [0.717, 1.165) is 6.42 Å². The van der Waals surface area contributed by atoms with Gasteiger partial charge in [0, 0.05) is 27.6 Å². The van der Waals surface area contributed by atoms with Crippen molar-refractivity contribution in [1.29, 1.82) is 0 Å². The molecule has 0 spiro atoms. The van der Waals surface area contributed by atoms with Gasteiger partial charge in [0.1, 0.15) is 0 Å². The quantitative estimate of drug-likeness (QED) is 0.174. The Hall–Kier alpha value is -6.12. The van der Waals surface area contributed by atoms with Crippen LogP contribution in [-0.2, 0) is 16.2 Å². The smallest absolute Gasteiger partial charge is 0.0559 e. The summed E-state index contributed by atoms with van der Waals surface area (Å²) in [6, 6.07) is 53.2. The highest BCUT2D eigenvalue weighted by Crippen LogP contribution is 2.67. The fourth-order valence-corrected chi connectivity index (χ4v) is 10.6. The van der Waals surface area contributed by atoms with Crippen LogP contribution in [0.15, 0.2) is 164 Å². The Morgan fingerprint density at radius 1 is 0.439 bits per heavy atom. The fourth-order valence-electron chi connectivity index (χ4n) is 10.6. The maximum absolute atomic E-state index is 2.68. The SMILES string of the molecule is CC1(C)c2cccc3c2N2c4c1cc(-c1ccc(N(c5ccccc5)C5C=CC=CC5)cc1)cc4C(C)(C)c1cc(-c4ccc5ccccc5c4)cc(c12)C3(C)C. The molecule has 1 unspecified atom stereocenters. The predicted octanol–water partition coefficient (Wildman–Crippen LogP) is 14.6. The highest BCUT2D eigenvalue weighted by molar-refractivity contribution is 6.00. The van der Waals surface area contributed by atoms with E-state index < -0.39 is 0 Å². The molecular weight excluding hydrogens is 689 g/mol. The van der Waals surface area contributed by atoms with E-state index >= 15 is 0 Å². The highest BCUT2D eigenvalue weighted by atomic mass is 15.2. The number of fused-ring (bicyclic) bond motifs is 1. The summed E-state index contributed by atoms with van der Waals surface area (Å²) in [7, 11) is 0. The van der Waals surface area contributed by atoms with Gasteiger partial charge in [-0.05, 0) is 127 Å². The van der Waals surface area contributed by atoms with Crippen LogP contribution in [0.4, 0.5) is 28.4 Å². The van der Waals surface area contributed by atoms with Gasteiger partial charge in [-0.15, -0.1) is 0 Å². The largest absolute Gasteiger partial charge is 0.334 e. The lowest BCUT2D eigenvalue weighted by Crippen LogP contribution is -2.43. The fraction of sp³-hybridized carbons (Fsp3) is 0.200. The molecule has 2 nitrogen and oxygen atoms in total. The topological polar surface area (TPSA) is 6.48 Å². The monoisotopic (exact) mass is 736 g/mol. The van der Waals surface area contributed by atoms with Gasteiger partial charge in [-0.2, -0.15) is 0 Å². The molecule has 0 amide bonds. The van der Waals surface area contributed by atoms with E-state index in [1.165, 1.54) is 94.8 Å². The van der Waals surface area contributed by atoms with Crippen LogP contribution in [0.1, 0.15) is 81.3 Å². The van der Waals surface area contributed by atoms with Crippen LogP contribution in [-0.4, -0.2) is 6.04 Å². The second-order valence-electron chi connectivity index (χ2n) is 18.2. The molecule has 7 aromatic rings. The lowest BCUT2D eigenvalue weighted by molar-refractivity contribution is 0.567. The number of rotatable bonds is 5. The summed E-state index contributed by atoms with van der Waals surface area (Å²) in [5, 5.41) is 2.55. The molecule has 7 aromatic carbocycles. The molecule has 4 aliphatic rings. The Bertz CT molecular complexity index is 2850. The maximum Gasteiger partial charge on any atom is 0.0559 e. The molecule has 0 N–H and O–H groups in total. The average Bonchev–Trinajstić information content (AvgIpc) is 3.23. The van der Waals surface area contributed by atoms with Gasteiger partial charge < -0.3 is 9.80 Å². The third kappa shape index (κ3) is 4.83. The summed E-state index contributed by atoms with van der Waals surface area (Å²) >= 11 is 0. The maximum atomic E-state index is 2.68. The second-order valence-corrected chi connectivity index (χ2v) is 18.2. The zero-order chi connectivity index (χ0) is 38.8. The summed E-state index contributed by atoms with van der Waals surface area (Å²) in [5.74, 6) is 0. The van der Waals surface area contributed by atoms with E-state index in [2.05, 4.69) is 215 Å². The molecule has 0 saturated heterocycles. The van der Waals surface area contributed by atoms with E-state index in [-0.39, 0.29) is 22.3 Å². The molecule has 1 aliphatic carbocycles. The predicted molar refractivity (Wildman–Crippen MR) is 241 cm³/mol. The zero-order valence-corrected chi connectivity index (χ0v) is 33.8. The number of allylic oxidation sites excluding steroid dienone is 2. The molecule has 0 bridgehead atoms. The van der Waals surface area contributed by atoms with Crippen LogP contribution in [0.2, 0.25) is 0 Å². The second kappa shape index (κ2) is 11.9. The van der Waals surface area contributed by atoms with Crippen LogP contribution in [0.5, 0.6) is 0 Å². The first-order valence-electron chi connectivity index (χ1n) is 20.6. The van der Waals surface area contributed by atoms with Gasteiger partial charge in [0.15, 0.2) is 0 Å². The molecule has 0 radical (unpaired) electrons. The highest BCUT2D eigenvalue weighted by Gasteiger charge is 2.52. The van der Waals surface area contributed by atoms with Gasteiger partial charge in [0.05, 0.1) is 23.1 Å². The van der Waals surface area contributed by atoms with Crippen molar-refractivity contribution in [3.8, 4) is 22.3 Å². The number of nitrogens with zero attached hydrogens (tertiary/aromatic N) is 2. The normalized spacial score (nSPS) is 18.4. The van der Waals surface area contributed by atoms with Gasteiger partial charge in [-0.1, -0.05) is 151 Å². The lowest BCUT2D eigenvalue weighted by atomic mass is 9.60. The van der Waals surface area contributed by atoms with Gasteiger partial charge in [0.2, 0.25) is 0 Å². The summed E-state index contributed by atoms with van der Waals surface area (Å²) in [5.41, 5.74) is 19.4. The first-order chi connectivity index (χ1) is 27.5. The first-order valence-corrected chi connectivity index (χ1v) is 20.6. The standard InChI is InChI=1S/C55H48N2/c1-53(2)44-22-15-23-45-50(44)57-51-46(53)31-39(36-26-28-43(29-27-36)56(41-18-9-7-10-19-41)42-20-11-8-12-21-42)32-48(51)55(5,6)49-34-40(33-47(52(49)57)54(45,3)4)38-25-24-35-16-13-14-17-37(35)30-38/h7-20,22-34,42H,21H2,1-6H3. The van der Waals surface area contributed by atoms with Crippen molar-refractivity contribution in [3.05, 3.63) is 197 Å². The first kappa shape index (κ1) is 34.2. The van der Waals surface area contributed by atoms with Crippen molar-refractivity contribution in [2.24, 2.45) is 0 Å². The summed E-state index contributed by atoms with van der Waals surface area (Å²) in [4.78, 5) is 5.16. The van der Waals surface area contributed by atoms with Gasteiger partial charge in [-0.25, -0.2) is 0 Å². The van der Waals surface area contributed by atoms with E-state index in [1.54, 1.807) is 0 Å². The molecule has 11 rings (SSSR count). The van der Waals surface area contributed by atoms with Crippen molar-refractivity contribution in [1.82, 2.24) is 0 Å². The van der Waals surface area contributed by atoms with Gasteiger partial charge in [0.25, 0.3) is 0 Å². The molecule has 57 heavy (non-hydrogen) atoms. The molecule has 3 heterocycles. The third-order valence-electron chi connectivity index (χ3n) is 13.9. The third-order valence-corrected chi connectivity index (χ3v) is 13.9. The molecule has 0 fully saturated rings. The molecule has 2 heteroatoms. The Kier molecular flexibility index (Phi) is 7.16. The van der Waals surface area contributed by atoms with Gasteiger partial charge in [-0.3, -0.25) is 0 Å². The van der Waals surface area contributed by atoms with Crippen LogP contribution in [0.3, 0.4) is 0 Å². The van der Waals surface area contributed by atoms with Crippen LogP contribution in [0.25, 0.3) is 33.0 Å². The molecule has 278 valence electrons. The van der Waals surface area contributed by atoms with Crippen LogP contribution in [0, 0.1) is 0 Å². The van der Waals surface area contributed by atoms with Crippen molar-refractivity contribution >= 4 is 39.2 Å². The number of benzene rings is 7. The van der Waals surface area contributed by atoms with E-state index in [1.807, 2.05) is 0 Å². The summed E-state index contributed by atoms with van der Waals surface area (Å²) in [6.07, 6.45) is 9.90. The van der Waals surface area contributed by atoms with E-state index in [4.69, 9.17) is 0 Å². The summed E-state index contributed by atoms with van der Waals surface area (Å²) in [6.45, 7) is 14.7. The van der Waals surface area contributed by atoms with Crippen molar-refractivity contribution in [2.75, 3.05) is 9.80 Å². The zero-order valence-electron chi connectivity index (χ0n) is 33.8. The summed E-state index contributed by atoms with van der Waals surface area (Å²) < 4.78 is 0. The van der Waals surface area contributed by atoms with Gasteiger partial charge >= 0.3 is 0 Å². The molecule has 0 saturated carbocycles. The molecular formula is C55H48N2. The average molecular weight is 737 g/mol. The Morgan fingerprint density at radius 2 is 0.947 bits per heavy atom. The molecule has 0 aromatic heterocycles. The Balaban J connectivity index is 1.11. The van der Waals surface area contributed by atoms with Crippen LogP contribution >= 0.6 is 0 Å². The number of hydrogen-bond acceptors (Lipinski definition) is 2. The van der Waals surface area contributed by atoms with E-state index in [0.29, 0.717) is 0 Å². The van der Waals surface area contributed by atoms with Crippen molar-refractivity contribution in [2.45, 2.75) is 70.3 Å². The number of anilines is 5. The van der Waals surface area contributed by atoms with Crippen LogP contribution < -0.4 is 9.80 Å². The Morgan fingerprint density at radius 3 is 1.54 bits per heavy atom. The minimum atomic E-state index is -0.256. The lowest BCUT2D eigenvalue weighted by Gasteiger charge is -2.55. The van der Waals surface area contributed by atoms with Crippen molar-refractivity contribution in [3.63, 3.8) is 0 Å². The molecule has 1 atom stereocenters. The minimum absolute atomic E-state index is 0.182. The number of para-hydroxylation sites is 2. The number of hydrogen-bond donors (Lipinski definition) is 0. The molecule has 3 aliphatic heterocycles.